The number of anilines is 1. The predicted molar refractivity (Wildman–Crippen MR) is 62.1 cm³/mol. The van der Waals surface area contributed by atoms with Crippen molar-refractivity contribution >= 4 is 11.7 Å². The lowest BCUT2D eigenvalue weighted by molar-refractivity contribution is -0.137. The van der Waals surface area contributed by atoms with E-state index in [0.717, 1.165) is 12.1 Å². The maximum Gasteiger partial charge on any atom is 0.416 e. The molecule has 18 heavy (non-hydrogen) atoms. The number of alkyl halides is 3. The van der Waals surface area contributed by atoms with Gasteiger partial charge in [0.25, 0.3) is 0 Å². The Morgan fingerprint density at radius 3 is 2.33 bits per heavy atom. The van der Waals surface area contributed by atoms with E-state index >= 15 is 0 Å². The Bertz CT molecular complexity index is 401. The van der Waals surface area contributed by atoms with Crippen LogP contribution in [-0.4, -0.2) is 18.6 Å². The number of carbonyl (C=O) groups is 1. The summed E-state index contributed by atoms with van der Waals surface area (Å²) in [7, 11) is 0. The second kappa shape index (κ2) is 5.72. The van der Waals surface area contributed by atoms with Crippen LogP contribution in [0, 0.1) is 0 Å². The van der Waals surface area contributed by atoms with Crippen LogP contribution in [0.1, 0.15) is 12.5 Å². The van der Waals surface area contributed by atoms with Crippen molar-refractivity contribution in [2.75, 3.05) is 11.9 Å². The molecule has 0 saturated carbocycles. The molecule has 0 bridgehead atoms. The van der Waals surface area contributed by atoms with E-state index in [1.54, 1.807) is 6.92 Å². The lowest BCUT2D eigenvalue weighted by Gasteiger charge is -2.10. The van der Waals surface area contributed by atoms with Crippen LogP contribution >= 0.6 is 0 Å². The first-order valence-corrected chi connectivity index (χ1v) is 5.26. The van der Waals surface area contributed by atoms with E-state index in [2.05, 4.69) is 10.6 Å². The third-order valence-corrected chi connectivity index (χ3v) is 2.05. The van der Waals surface area contributed by atoms with Gasteiger partial charge in [0.15, 0.2) is 0 Å². The van der Waals surface area contributed by atoms with Crippen molar-refractivity contribution in [3.63, 3.8) is 0 Å². The maximum absolute atomic E-state index is 12.3. The smallest absolute Gasteiger partial charge is 0.336 e. The summed E-state index contributed by atoms with van der Waals surface area (Å²) in [5.74, 6) is 0. The number of hydrogen-bond acceptors (Lipinski definition) is 2. The zero-order valence-electron chi connectivity index (χ0n) is 9.71. The van der Waals surface area contributed by atoms with E-state index in [1.807, 2.05) is 0 Å². The van der Waals surface area contributed by atoms with Gasteiger partial charge in [-0.1, -0.05) is 0 Å². The van der Waals surface area contributed by atoms with Crippen LogP contribution in [0.5, 0.6) is 0 Å². The molecule has 0 heterocycles. The van der Waals surface area contributed by atoms with Crippen LogP contribution in [0.3, 0.4) is 0 Å². The number of nitrogens with two attached hydrogens (primary N) is 1. The fourth-order valence-electron chi connectivity index (χ4n) is 1.17. The zero-order valence-corrected chi connectivity index (χ0v) is 9.71. The standard InChI is InChI=1S/C11H14F3N3O/c1-7(15)6-16-10(18)17-9-4-2-8(3-5-9)11(12,13)14/h2-5,7H,6,15H2,1H3,(H2,16,17,18). The molecule has 100 valence electrons. The van der Waals surface area contributed by atoms with E-state index in [1.165, 1.54) is 12.1 Å². The van der Waals surface area contributed by atoms with E-state index < -0.39 is 17.8 Å². The van der Waals surface area contributed by atoms with Gasteiger partial charge in [-0.3, -0.25) is 0 Å². The molecule has 0 aromatic heterocycles. The molecular weight excluding hydrogens is 247 g/mol. The van der Waals surface area contributed by atoms with Crippen LogP contribution in [0.15, 0.2) is 24.3 Å². The number of hydrogen-bond donors (Lipinski definition) is 3. The SMILES string of the molecule is CC(N)CNC(=O)Nc1ccc(C(F)(F)F)cc1. The van der Waals surface area contributed by atoms with Gasteiger partial charge in [-0.25, -0.2) is 4.79 Å². The largest absolute Gasteiger partial charge is 0.416 e. The fourth-order valence-corrected chi connectivity index (χ4v) is 1.17. The zero-order chi connectivity index (χ0) is 13.8. The molecule has 1 unspecified atom stereocenters. The first kappa shape index (κ1) is 14.3. The van der Waals surface area contributed by atoms with Crippen LogP contribution in [0.4, 0.5) is 23.7 Å². The maximum atomic E-state index is 12.3. The molecule has 0 spiro atoms. The van der Waals surface area contributed by atoms with E-state index in [0.29, 0.717) is 0 Å². The van der Waals surface area contributed by atoms with Crippen molar-refractivity contribution in [2.45, 2.75) is 19.1 Å². The highest BCUT2D eigenvalue weighted by Gasteiger charge is 2.29. The molecule has 0 radical (unpaired) electrons. The molecule has 0 aliphatic rings. The highest BCUT2D eigenvalue weighted by molar-refractivity contribution is 5.89. The Morgan fingerprint density at radius 2 is 1.89 bits per heavy atom. The molecule has 0 saturated heterocycles. The summed E-state index contributed by atoms with van der Waals surface area (Å²) in [6.07, 6.45) is -4.38. The van der Waals surface area contributed by atoms with Crippen molar-refractivity contribution in [1.82, 2.24) is 5.32 Å². The fraction of sp³-hybridized carbons (Fsp3) is 0.364. The van der Waals surface area contributed by atoms with Gasteiger partial charge in [-0.15, -0.1) is 0 Å². The molecule has 1 atom stereocenters. The lowest BCUT2D eigenvalue weighted by Crippen LogP contribution is -2.37. The van der Waals surface area contributed by atoms with Gasteiger partial charge in [-0.2, -0.15) is 13.2 Å². The molecule has 1 aromatic rings. The van der Waals surface area contributed by atoms with Crippen molar-refractivity contribution in [1.29, 1.82) is 0 Å². The molecular formula is C11H14F3N3O. The van der Waals surface area contributed by atoms with Gasteiger partial charge >= 0.3 is 12.2 Å². The van der Waals surface area contributed by atoms with Crippen molar-refractivity contribution in [3.8, 4) is 0 Å². The molecule has 1 rings (SSSR count). The molecule has 0 aliphatic heterocycles. The van der Waals surface area contributed by atoms with Crippen LogP contribution < -0.4 is 16.4 Å². The number of halogens is 3. The molecule has 4 nitrogen and oxygen atoms in total. The van der Waals surface area contributed by atoms with Crippen LogP contribution in [-0.2, 0) is 6.18 Å². The Balaban J connectivity index is 2.56. The van der Waals surface area contributed by atoms with Crippen molar-refractivity contribution in [2.24, 2.45) is 5.73 Å². The second-order valence-corrected chi connectivity index (χ2v) is 3.89. The summed E-state index contributed by atoms with van der Waals surface area (Å²) in [6.45, 7) is 2.00. The van der Waals surface area contributed by atoms with E-state index in [9.17, 15) is 18.0 Å². The van der Waals surface area contributed by atoms with Gasteiger partial charge in [-0.05, 0) is 31.2 Å². The number of nitrogens with one attached hydrogen (secondary N) is 2. The highest BCUT2D eigenvalue weighted by Crippen LogP contribution is 2.29. The summed E-state index contributed by atoms with van der Waals surface area (Å²) in [5.41, 5.74) is 4.96. The average Bonchev–Trinajstić information content (AvgIpc) is 2.26. The topological polar surface area (TPSA) is 67.1 Å². The molecule has 7 heteroatoms. The summed E-state index contributed by atoms with van der Waals surface area (Å²) in [5, 5.41) is 4.88. The molecule has 2 amide bonds. The summed E-state index contributed by atoms with van der Waals surface area (Å²) < 4.78 is 36.8. The number of rotatable bonds is 3. The summed E-state index contributed by atoms with van der Waals surface area (Å²) >= 11 is 0. The molecule has 0 aliphatic carbocycles. The highest BCUT2D eigenvalue weighted by atomic mass is 19.4. The van der Waals surface area contributed by atoms with Crippen molar-refractivity contribution < 1.29 is 18.0 Å². The summed E-state index contributed by atoms with van der Waals surface area (Å²) in [4.78, 5) is 11.3. The van der Waals surface area contributed by atoms with Gasteiger partial charge in [0.2, 0.25) is 0 Å². The minimum absolute atomic E-state index is 0.191. The minimum atomic E-state index is -4.38. The molecule has 1 aromatic carbocycles. The number of carbonyl (C=O) groups excluding carboxylic acids is 1. The summed E-state index contributed by atoms with van der Waals surface area (Å²) in [6, 6.07) is 3.49. The lowest BCUT2D eigenvalue weighted by atomic mass is 10.2. The average molecular weight is 261 g/mol. The van der Waals surface area contributed by atoms with Gasteiger partial charge in [0.1, 0.15) is 0 Å². The minimum Gasteiger partial charge on any atom is -0.336 e. The Morgan fingerprint density at radius 1 is 1.33 bits per heavy atom. The van der Waals surface area contributed by atoms with Crippen LogP contribution in [0.2, 0.25) is 0 Å². The predicted octanol–water partition coefficient (Wildman–Crippen LogP) is 2.17. The first-order valence-electron chi connectivity index (χ1n) is 5.26. The van der Waals surface area contributed by atoms with E-state index in [4.69, 9.17) is 5.73 Å². The molecule has 0 fully saturated rings. The van der Waals surface area contributed by atoms with Gasteiger partial charge in [0, 0.05) is 18.3 Å². The monoisotopic (exact) mass is 261 g/mol. The number of urea groups is 1. The Hall–Kier alpha value is -1.76. The van der Waals surface area contributed by atoms with Crippen LogP contribution in [0.25, 0.3) is 0 Å². The van der Waals surface area contributed by atoms with E-state index in [-0.39, 0.29) is 18.3 Å². The Kier molecular flexibility index (Phi) is 4.55. The first-order chi connectivity index (χ1) is 8.29. The van der Waals surface area contributed by atoms with Crippen molar-refractivity contribution in [3.05, 3.63) is 29.8 Å². The Labute approximate surface area is 102 Å². The number of amides is 2. The third kappa shape index (κ3) is 4.62. The molecule has 4 N–H and O–H groups in total. The third-order valence-electron chi connectivity index (χ3n) is 2.05. The van der Waals surface area contributed by atoms with Gasteiger partial charge < -0.3 is 16.4 Å². The normalized spacial score (nSPS) is 12.9. The van der Waals surface area contributed by atoms with Gasteiger partial charge in [0.05, 0.1) is 5.56 Å². The second-order valence-electron chi connectivity index (χ2n) is 3.89. The number of benzene rings is 1. The quantitative estimate of drug-likeness (QED) is 0.780.